The molecule has 30 heavy (non-hydrogen) atoms. The molecule has 2 aromatic carbocycles. The number of nitrogens with one attached hydrogen (secondary N) is 4. The van der Waals surface area contributed by atoms with Gasteiger partial charge in [-0.15, -0.1) is 24.0 Å². The van der Waals surface area contributed by atoms with E-state index in [0.717, 1.165) is 24.6 Å². The molecule has 0 fully saturated rings. The van der Waals surface area contributed by atoms with Crippen LogP contribution in [0.3, 0.4) is 0 Å². The number of halogens is 1. The van der Waals surface area contributed by atoms with Crippen LogP contribution in [0.15, 0.2) is 53.7 Å². The highest BCUT2D eigenvalue weighted by atomic mass is 127. The minimum atomic E-state index is 0. The Morgan fingerprint density at radius 2 is 2.00 bits per heavy atom. The van der Waals surface area contributed by atoms with E-state index in [1.807, 2.05) is 18.2 Å². The van der Waals surface area contributed by atoms with Gasteiger partial charge in [-0.1, -0.05) is 30.3 Å². The van der Waals surface area contributed by atoms with E-state index in [2.05, 4.69) is 63.3 Å². The van der Waals surface area contributed by atoms with Gasteiger partial charge < -0.3 is 20.9 Å². The van der Waals surface area contributed by atoms with Crippen molar-refractivity contribution in [2.24, 2.45) is 4.99 Å². The molecule has 0 saturated heterocycles. The molecule has 6 nitrogen and oxygen atoms in total. The lowest BCUT2D eigenvalue weighted by atomic mass is 9.90. The number of aryl methyl sites for hydroxylation is 1. The number of aliphatic imine (C=N–C) groups is 1. The van der Waals surface area contributed by atoms with E-state index in [-0.39, 0.29) is 35.8 Å². The number of rotatable bonds is 5. The summed E-state index contributed by atoms with van der Waals surface area (Å²) in [6, 6.07) is 14.3. The molecule has 1 aromatic heterocycles. The molecule has 1 amide bonds. The summed E-state index contributed by atoms with van der Waals surface area (Å²) >= 11 is 0. The van der Waals surface area contributed by atoms with Crippen molar-refractivity contribution in [2.75, 3.05) is 25.5 Å². The maximum absolute atomic E-state index is 12.0. The molecule has 2 heterocycles. The molecule has 0 saturated carbocycles. The van der Waals surface area contributed by atoms with Gasteiger partial charge in [0.25, 0.3) is 0 Å². The molecule has 1 unspecified atom stereocenters. The lowest BCUT2D eigenvalue weighted by molar-refractivity contribution is -0.116. The minimum Gasteiger partial charge on any atom is -0.361 e. The summed E-state index contributed by atoms with van der Waals surface area (Å²) in [4.78, 5) is 19.7. The van der Waals surface area contributed by atoms with Crippen molar-refractivity contribution in [3.05, 3.63) is 65.4 Å². The molecule has 7 heteroatoms. The van der Waals surface area contributed by atoms with Gasteiger partial charge in [-0.05, 0) is 42.2 Å². The molecule has 1 aliphatic rings. The number of para-hydroxylation sites is 1. The van der Waals surface area contributed by atoms with Gasteiger partial charge in [-0.2, -0.15) is 0 Å². The number of aromatic nitrogens is 1. The van der Waals surface area contributed by atoms with Gasteiger partial charge in [0, 0.05) is 55.3 Å². The summed E-state index contributed by atoms with van der Waals surface area (Å²) in [6.07, 6.45) is 3.48. The third-order valence-corrected chi connectivity index (χ3v) is 5.53. The van der Waals surface area contributed by atoms with Gasteiger partial charge in [0.2, 0.25) is 5.91 Å². The fourth-order valence-electron chi connectivity index (χ4n) is 4.09. The molecule has 3 aromatic rings. The number of hydrogen-bond donors (Lipinski definition) is 4. The lowest BCUT2D eigenvalue weighted by Crippen LogP contribution is -2.41. The number of guanidine groups is 1. The SMILES string of the molecule is CN=C(NCCc1c[nH]c2cccc(C)c12)NCC1CC(=O)Nc2ccccc21.I. The molecule has 0 aliphatic carbocycles. The Bertz CT molecular complexity index is 1060. The van der Waals surface area contributed by atoms with Crippen LogP contribution in [0.25, 0.3) is 10.9 Å². The Hall–Kier alpha value is -2.55. The summed E-state index contributed by atoms with van der Waals surface area (Å²) in [5.41, 5.74) is 5.85. The first-order valence-electron chi connectivity index (χ1n) is 10.0. The number of carbonyl (C=O) groups excluding carboxylic acids is 1. The number of fused-ring (bicyclic) bond motifs is 2. The van der Waals surface area contributed by atoms with Gasteiger partial charge in [-0.25, -0.2) is 0 Å². The van der Waals surface area contributed by atoms with Crippen LogP contribution < -0.4 is 16.0 Å². The zero-order chi connectivity index (χ0) is 20.2. The topological polar surface area (TPSA) is 81.3 Å². The molecule has 4 rings (SSSR count). The molecular formula is C23H28IN5O. The van der Waals surface area contributed by atoms with E-state index in [9.17, 15) is 4.79 Å². The Balaban J connectivity index is 0.00000256. The Morgan fingerprint density at radius 3 is 2.83 bits per heavy atom. The van der Waals surface area contributed by atoms with E-state index >= 15 is 0 Å². The second-order valence-corrected chi connectivity index (χ2v) is 7.48. The highest BCUT2D eigenvalue weighted by Crippen LogP contribution is 2.31. The number of amides is 1. The molecule has 0 radical (unpaired) electrons. The van der Waals surface area contributed by atoms with Gasteiger partial charge >= 0.3 is 0 Å². The average molecular weight is 517 g/mol. The number of nitrogens with zero attached hydrogens (tertiary/aromatic N) is 1. The summed E-state index contributed by atoms with van der Waals surface area (Å²) in [6.45, 7) is 3.59. The van der Waals surface area contributed by atoms with Crippen molar-refractivity contribution >= 4 is 52.4 Å². The molecule has 158 valence electrons. The second kappa shape index (κ2) is 9.97. The standard InChI is InChI=1S/C23H27N5O.HI/c1-15-6-5-9-20-22(15)16(13-26-20)10-11-25-23(24-2)27-14-17-12-21(29)28-19-8-4-3-7-18(17)19;/h3-9,13,17,26H,10-12,14H2,1-2H3,(H,28,29)(H2,24,25,27);1H. The zero-order valence-electron chi connectivity index (χ0n) is 17.3. The highest BCUT2D eigenvalue weighted by Gasteiger charge is 2.24. The van der Waals surface area contributed by atoms with Crippen molar-refractivity contribution < 1.29 is 4.79 Å². The van der Waals surface area contributed by atoms with Crippen LogP contribution >= 0.6 is 24.0 Å². The number of anilines is 1. The number of hydrogen-bond acceptors (Lipinski definition) is 2. The molecule has 4 N–H and O–H groups in total. The second-order valence-electron chi connectivity index (χ2n) is 7.48. The van der Waals surface area contributed by atoms with Crippen molar-refractivity contribution in [1.82, 2.24) is 15.6 Å². The largest absolute Gasteiger partial charge is 0.361 e. The summed E-state index contributed by atoms with van der Waals surface area (Å²) in [5, 5.41) is 11.0. The van der Waals surface area contributed by atoms with Crippen LogP contribution in [-0.4, -0.2) is 37.0 Å². The van der Waals surface area contributed by atoms with Crippen molar-refractivity contribution in [1.29, 1.82) is 0 Å². The van der Waals surface area contributed by atoms with Crippen molar-refractivity contribution in [3.63, 3.8) is 0 Å². The van der Waals surface area contributed by atoms with Crippen LogP contribution in [0.1, 0.15) is 29.0 Å². The summed E-state index contributed by atoms with van der Waals surface area (Å²) < 4.78 is 0. The summed E-state index contributed by atoms with van der Waals surface area (Å²) in [5.74, 6) is 0.952. The molecule has 0 bridgehead atoms. The van der Waals surface area contributed by atoms with E-state index < -0.39 is 0 Å². The third-order valence-electron chi connectivity index (χ3n) is 5.53. The number of aromatic amines is 1. The van der Waals surface area contributed by atoms with E-state index in [1.54, 1.807) is 7.05 Å². The van der Waals surface area contributed by atoms with Crippen LogP contribution in [0.4, 0.5) is 5.69 Å². The van der Waals surface area contributed by atoms with E-state index in [1.165, 1.54) is 27.6 Å². The maximum Gasteiger partial charge on any atom is 0.225 e. The van der Waals surface area contributed by atoms with Crippen LogP contribution in [0, 0.1) is 6.92 Å². The fourth-order valence-corrected chi connectivity index (χ4v) is 4.09. The molecular weight excluding hydrogens is 489 g/mol. The van der Waals surface area contributed by atoms with E-state index in [4.69, 9.17) is 0 Å². The maximum atomic E-state index is 12.0. The number of carbonyl (C=O) groups is 1. The average Bonchev–Trinajstić information content (AvgIpc) is 3.14. The lowest BCUT2D eigenvalue weighted by Gasteiger charge is -2.26. The van der Waals surface area contributed by atoms with Crippen LogP contribution in [0.5, 0.6) is 0 Å². The number of H-pyrrole nitrogens is 1. The first kappa shape index (κ1) is 22.1. The molecule has 1 aliphatic heterocycles. The molecule has 1 atom stereocenters. The predicted molar refractivity (Wildman–Crippen MR) is 134 cm³/mol. The van der Waals surface area contributed by atoms with Gasteiger partial charge in [0.15, 0.2) is 5.96 Å². The first-order valence-corrected chi connectivity index (χ1v) is 10.0. The van der Waals surface area contributed by atoms with Crippen molar-refractivity contribution in [3.8, 4) is 0 Å². The monoisotopic (exact) mass is 517 g/mol. The predicted octanol–water partition coefficient (Wildman–Crippen LogP) is 3.93. The Labute approximate surface area is 194 Å². The van der Waals surface area contributed by atoms with Gasteiger partial charge in [0.05, 0.1) is 0 Å². The van der Waals surface area contributed by atoms with Crippen LogP contribution in [0.2, 0.25) is 0 Å². The molecule has 0 spiro atoms. The fraction of sp³-hybridized carbons (Fsp3) is 0.304. The van der Waals surface area contributed by atoms with Gasteiger partial charge in [0.1, 0.15) is 0 Å². The van der Waals surface area contributed by atoms with Crippen molar-refractivity contribution in [2.45, 2.75) is 25.7 Å². The number of benzene rings is 2. The smallest absolute Gasteiger partial charge is 0.225 e. The minimum absolute atomic E-state index is 0. The van der Waals surface area contributed by atoms with Crippen LogP contribution in [-0.2, 0) is 11.2 Å². The quantitative estimate of drug-likeness (QED) is 0.235. The summed E-state index contributed by atoms with van der Waals surface area (Å²) in [7, 11) is 1.77. The highest BCUT2D eigenvalue weighted by molar-refractivity contribution is 14.0. The zero-order valence-corrected chi connectivity index (χ0v) is 19.6. The Morgan fingerprint density at radius 1 is 1.17 bits per heavy atom. The Kier molecular flexibility index (Phi) is 7.36. The van der Waals surface area contributed by atoms with E-state index in [0.29, 0.717) is 13.0 Å². The normalized spacial score (nSPS) is 15.9. The first-order chi connectivity index (χ1) is 14.2. The van der Waals surface area contributed by atoms with Gasteiger partial charge in [-0.3, -0.25) is 9.79 Å². The third kappa shape index (κ3) is 4.77.